The van der Waals surface area contributed by atoms with Crippen LogP contribution >= 0.6 is 0 Å². The third kappa shape index (κ3) is 2.04. The molecule has 0 amide bonds. The van der Waals surface area contributed by atoms with E-state index in [0.717, 1.165) is 5.69 Å². The van der Waals surface area contributed by atoms with E-state index in [1.165, 1.54) is 6.21 Å². The fraction of sp³-hybridized carbons (Fsp3) is 0.222. The van der Waals surface area contributed by atoms with Gasteiger partial charge in [0.05, 0.1) is 6.54 Å². The molecule has 0 bridgehead atoms. The van der Waals surface area contributed by atoms with E-state index in [1.807, 2.05) is 18.2 Å². The van der Waals surface area contributed by atoms with E-state index >= 15 is 0 Å². The Bertz CT molecular complexity index is 435. The van der Waals surface area contributed by atoms with Gasteiger partial charge in [-0.05, 0) is 28.8 Å². The van der Waals surface area contributed by atoms with Crippen LogP contribution in [0.2, 0.25) is 0 Å². The molecule has 2 aromatic rings. The Labute approximate surface area is 86.5 Å². The summed E-state index contributed by atoms with van der Waals surface area (Å²) in [4.78, 5) is 4.17. The summed E-state index contributed by atoms with van der Waals surface area (Å²) in [6, 6.07) is 5.58. The molecule has 0 saturated heterocycles. The Kier molecular flexibility index (Phi) is 2.77. The molecule has 2 rings (SSSR count). The largest absolute Gasteiger partial charge is 0.313 e. The molecule has 0 aliphatic carbocycles. The van der Waals surface area contributed by atoms with Crippen molar-refractivity contribution >= 4 is 6.21 Å². The number of nitrogens with zero attached hydrogens (tertiary/aromatic N) is 5. The second kappa shape index (κ2) is 4.41. The number of aryl methyl sites for hydroxylation is 1. The molecule has 1 N–H and O–H groups in total. The van der Waals surface area contributed by atoms with Crippen molar-refractivity contribution in [2.75, 3.05) is 0 Å². The van der Waals surface area contributed by atoms with Gasteiger partial charge in [-0.15, -0.1) is 5.10 Å². The van der Waals surface area contributed by atoms with Gasteiger partial charge in [0.1, 0.15) is 5.69 Å². The zero-order chi connectivity index (χ0) is 10.5. The fourth-order valence-corrected chi connectivity index (χ4v) is 1.22. The van der Waals surface area contributed by atoms with Gasteiger partial charge in [-0.3, -0.25) is 4.98 Å². The Morgan fingerprint density at radius 2 is 2.33 bits per heavy atom. The normalized spacial score (nSPS) is 10.1. The highest BCUT2D eigenvalue weighted by molar-refractivity contribution is 5.53. The van der Waals surface area contributed by atoms with E-state index in [4.69, 9.17) is 5.41 Å². The fourth-order valence-electron chi connectivity index (χ4n) is 1.22. The Balaban J connectivity index is 2.29. The predicted molar refractivity (Wildman–Crippen MR) is 54.4 cm³/mol. The van der Waals surface area contributed by atoms with Crippen molar-refractivity contribution in [3.63, 3.8) is 0 Å². The van der Waals surface area contributed by atoms with Gasteiger partial charge in [0, 0.05) is 12.6 Å². The van der Waals surface area contributed by atoms with E-state index in [2.05, 4.69) is 20.5 Å². The van der Waals surface area contributed by atoms with Gasteiger partial charge < -0.3 is 5.41 Å². The molecule has 15 heavy (non-hydrogen) atoms. The average Bonchev–Trinajstić information content (AvgIpc) is 2.75. The highest BCUT2D eigenvalue weighted by Gasteiger charge is 2.08. The van der Waals surface area contributed by atoms with Crippen molar-refractivity contribution < 1.29 is 0 Å². The van der Waals surface area contributed by atoms with Gasteiger partial charge in [0.25, 0.3) is 0 Å². The summed E-state index contributed by atoms with van der Waals surface area (Å²) in [6.45, 7) is 0.600. The van der Waals surface area contributed by atoms with Crippen LogP contribution in [0.4, 0.5) is 0 Å². The molecule has 0 saturated carbocycles. The summed E-state index contributed by atoms with van der Waals surface area (Å²) in [7, 11) is 0. The molecule has 2 heterocycles. The summed E-state index contributed by atoms with van der Waals surface area (Å²) >= 11 is 0. The molecule has 6 nitrogen and oxygen atoms in total. The van der Waals surface area contributed by atoms with Gasteiger partial charge in [0.15, 0.2) is 0 Å². The number of rotatable bonds is 4. The molecule has 0 aliphatic rings. The maximum atomic E-state index is 6.96. The van der Waals surface area contributed by atoms with E-state index in [0.29, 0.717) is 18.8 Å². The molecule has 0 radical (unpaired) electrons. The molecule has 0 spiro atoms. The summed E-state index contributed by atoms with van der Waals surface area (Å²) in [5.74, 6) is 0.637. The van der Waals surface area contributed by atoms with Crippen molar-refractivity contribution in [3.8, 4) is 11.5 Å². The lowest BCUT2D eigenvalue weighted by Crippen LogP contribution is -2.03. The lowest BCUT2D eigenvalue weighted by molar-refractivity contribution is 0.611. The number of tetrazole rings is 1. The first-order valence-corrected chi connectivity index (χ1v) is 4.58. The quantitative estimate of drug-likeness (QED) is 0.743. The first-order valence-electron chi connectivity index (χ1n) is 4.58. The Hall–Kier alpha value is -2.11. The molecule has 0 unspecified atom stereocenters. The SMILES string of the molecule is N=CCCn1nnnc1-c1ccccn1. The smallest absolute Gasteiger partial charge is 0.200 e. The van der Waals surface area contributed by atoms with Crippen LogP contribution in [-0.2, 0) is 6.54 Å². The summed E-state index contributed by atoms with van der Waals surface area (Å²) in [5, 5.41) is 18.3. The minimum Gasteiger partial charge on any atom is -0.313 e. The van der Waals surface area contributed by atoms with Crippen molar-refractivity contribution in [2.24, 2.45) is 0 Å². The van der Waals surface area contributed by atoms with Crippen molar-refractivity contribution in [1.82, 2.24) is 25.2 Å². The lowest BCUT2D eigenvalue weighted by atomic mass is 10.3. The summed E-state index contributed by atoms with van der Waals surface area (Å²) in [5.41, 5.74) is 0.743. The van der Waals surface area contributed by atoms with Gasteiger partial charge in [-0.2, -0.15) is 0 Å². The molecule has 0 aliphatic heterocycles. The monoisotopic (exact) mass is 202 g/mol. The first-order chi connectivity index (χ1) is 7.42. The molecule has 0 atom stereocenters. The van der Waals surface area contributed by atoms with E-state index in [9.17, 15) is 0 Å². The molecule has 2 aromatic heterocycles. The van der Waals surface area contributed by atoms with E-state index < -0.39 is 0 Å². The van der Waals surface area contributed by atoms with Gasteiger partial charge in [-0.1, -0.05) is 6.07 Å². The standard InChI is InChI=1S/C9H10N6/c10-5-3-7-15-9(12-13-14-15)8-4-1-2-6-11-8/h1-2,4-6,10H,3,7H2. The highest BCUT2D eigenvalue weighted by atomic mass is 15.5. The minimum absolute atomic E-state index is 0.600. The Morgan fingerprint density at radius 1 is 1.40 bits per heavy atom. The second-order valence-corrected chi connectivity index (χ2v) is 2.93. The van der Waals surface area contributed by atoms with Crippen LogP contribution in [0.15, 0.2) is 24.4 Å². The molecule has 0 fully saturated rings. The van der Waals surface area contributed by atoms with Crippen molar-refractivity contribution in [2.45, 2.75) is 13.0 Å². The number of hydrogen-bond acceptors (Lipinski definition) is 5. The van der Waals surface area contributed by atoms with Crippen LogP contribution in [-0.4, -0.2) is 31.4 Å². The molecule has 76 valence electrons. The first kappa shape index (κ1) is 9.45. The maximum Gasteiger partial charge on any atom is 0.200 e. The van der Waals surface area contributed by atoms with Crippen LogP contribution in [0, 0.1) is 5.41 Å². The number of nitrogens with one attached hydrogen (secondary N) is 1. The minimum atomic E-state index is 0.600. The second-order valence-electron chi connectivity index (χ2n) is 2.93. The molecule has 6 heteroatoms. The number of aromatic nitrogens is 5. The van der Waals surface area contributed by atoms with Crippen LogP contribution < -0.4 is 0 Å². The Morgan fingerprint density at radius 3 is 3.07 bits per heavy atom. The zero-order valence-corrected chi connectivity index (χ0v) is 8.04. The zero-order valence-electron chi connectivity index (χ0n) is 8.04. The number of hydrogen-bond donors (Lipinski definition) is 1. The maximum absolute atomic E-state index is 6.96. The summed E-state index contributed by atoms with van der Waals surface area (Å²) < 4.78 is 1.65. The van der Waals surface area contributed by atoms with Crippen LogP contribution in [0.1, 0.15) is 6.42 Å². The van der Waals surface area contributed by atoms with Crippen LogP contribution in [0.3, 0.4) is 0 Å². The highest BCUT2D eigenvalue weighted by Crippen LogP contribution is 2.11. The molecular weight excluding hydrogens is 192 g/mol. The topological polar surface area (TPSA) is 80.3 Å². The molecular formula is C9H10N6. The van der Waals surface area contributed by atoms with Gasteiger partial charge >= 0.3 is 0 Å². The third-order valence-electron chi connectivity index (χ3n) is 1.91. The van der Waals surface area contributed by atoms with Gasteiger partial charge in [-0.25, -0.2) is 4.68 Å². The van der Waals surface area contributed by atoms with Gasteiger partial charge in [0.2, 0.25) is 5.82 Å². The summed E-state index contributed by atoms with van der Waals surface area (Å²) in [6.07, 6.45) is 3.65. The number of pyridine rings is 1. The van der Waals surface area contributed by atoms with E-state index in [1.54, 1.807) is 10.9 Å². The lowest BCUT2D eigenvalue weighted by Gasteiger charge is -2.00. The van der Waals surface area contributed by atoms with Crippen LogP contribution in [0.25, 0.3) is 11.5 Å². The molecule has 0 aromatic carbocycles. The van der Waals surface area contributed by atoms with Crippen molar-refractivity contribution in [1.29, 1.82) is 5.41 Å². The van der Waals surface area contributed by atoms with Crippen molar-refractivity contribution in [3.05, 3.63) is 24.4 Å². The van der Waals surface area contributed by atoms with E-state index in [-0.39, 0.29) is 0 Å². The third-order valence-corrected chi connectivity index (χ3v) is 1.91. The van der Waals surface area contributed by atoms with Crippen LogP contribution in [0.5, 0.6) is 0 Å². The average molecular weight is 202 g/mol. The predicted octanol–water partition coefficient (Wildman–Crippen LogP) is 0.775.